The molecule has 0 saturated heterocycles. The van der Waals surface area contributed by atoms with E-state index in [9.17, 15) is 0 Å². The van der Waals surface area contributed by atoms with Crippen molar-refractivity contribution < 1.29 is 4.74 Å². The molecule has 0 heterocycles. The molecule has 0 aliphatic heterocycles. The zero-order valence-corrected chi connectivity index (χ0v) is 10.8. The fourth-order valence-corrected chi connectivity index (χ4v) is 1.48. The lowest BCUT2D eigenvalue weighted by molar-refractivity contribution is 0.0851. The molecule has 3 heteroatoms. The predicted octanol–water partition coefficient (Wildman–Crippen LogP) is 1.77. The quantitative estimate of drug-likeness (QED) is 0.617. The Hall–Kier alpha value is -0.120. The number of hydrogen-bond donors (Lipinski definition) is 2. The first-order valence-corrected chi connectivity index (χ1v) is 6.14. The van der Waals surface area contributed by atoms with Crippen molar-refractivity contribution in [3.63, 3.8) is 0 Å². The van der Waals surface area contributed by atoms with Crippen LogP contribution in [0.4, 0.5) is 0 Å². The minimum absolute atomic E-state index is 0.0708. The lowest BCUT2D eigenvalue weighted by Crippen LogP contribution is -2.53. The molecule has 0 amide bonds. The van der Waals surface area contributed by atoms with Crippen LogP contribution < -0.4 is 11.1 Å². The summed E-state index contributed by atoms with van der Waals surface area (Å²) in [5, 5.41) is 3.53. The minimum Gasteiger partial charge on any atom is -0.380 e. The van der Waals surface area contributed by atoms with Gasteiger partial charge in [0.25, 0.3) is 0 Å². The van der Waals surface area contributed by atoms with Crippen LogP contribution in [0.1, 0.15) is 40.5 Å². The fourth-order valence-electron chi connectivity index (χ4n) is 1.48. The summed E-state index contributed by atoms with van der Waals surface area (Å²) in [6.45, 7) is 11.7. The molecular weight excluding hydrogens is 188 g/mol. The summed E-state index contributed by atoms with van der Waals surface area (Å²) in [5.74, 6) is 0.748. The van der Waals surface area contributed by atoms with Crippen LogP contribution in [0.3, 0.4) is 0 Å². The highest BCUT2D eigenvalue weighted by molar-refractivity contribution is 4.84. The summed E-state index contributed by atoms with van der Waals surface area (Å²) in [6.07, 6.45) is 2.44. The van der Waals surface area contributed by atoms with Crippen LogP contribution in [0.25, 0.3) is 0 Å². The molecule has 92 valence electrons. The van der Waals surface area contributed by atoms with Crippen molar-refractivity contribution in [2.75, 3.05) is 26.3 Å². The monoisotopic (exact) mass is 216 g/mol. The first-order valence-electron chi connectivity index (χ1n) is 6.14. The molecule has 0 saturated carbocycles. The van der Waals surface area contributed by atoms with E-state index >= 15 is 0 Å². The zero-order chi connectivity index (χ0) is 11.7. The Morgan fingerprint density at radius 2 is 1.87 bits per heavy atom. The van der Waals surface area contributed by atoms with Crippen molar-refractivity contribution >= 4 is 0 Å². The van der Waals surface area contributed by atoms with Gasteiger partial charge in [-0.15, -0.1) is 0 Å². The van der Waals surface area contributed by atoms with Crippen LogP contribution in [0.5, 0.6) is 0 Å². The third-order valence-electron chi connectivity index (χ3n) is 3.05. The molecule has 0 fully saturated rings. The molecule has 1 atom stereocenters. The Kier molecular flexibility index (Phi) is 8.02. The highest BCUT2D eigenvalue weighted by atomic mass is 16.5. The molecule has 0 bridgehead atoms. The van der Waals surface area contributed by atoms with Gasteiger partial charge in [0.2, 0.25) is 0 Å². The molecule has 0 aromatic carbocycles. The fraction of sp³-hybridized carbons (Fsp3) is 1.00. The minimum atomic E-state index is -0.0708. The van der Waals surface area contributed by atoms with Gasteiger partial charge in [-0.25, -0.2) is 0 Å². The van der Waals surface area contributed by atoms with E-state index in [2.05, 4.69) is 26.1 Å². The Bertz CT molecular complexity index is 149. The second-order valence-corrected chi connectivity index (χ2v) is 4.47. The van der Waals surface area contributed by atoms with E-state index in [0.717, 1.165) is 19.1 Å². The van der Waals surface area contributed by atoms with Crippen LogP contribution in [0.2, 0.25) is 0 Å². The molecule has 0 aliphatic rings. The van der Waals surface area contributed by atoms with Gasteiger partial charge in [-0.1, -0.05) is 26.7 Å². The van der Waals surface area contributed by atoms with Crippen molar-refractivity contribution in [3.05, 3.63) is 0 Å². The number of ether oxygens (including phenoxy) is 1. The number of nitrogens with two attached hydrogens (primary N) is 1. The molecule has 0 spiro atoms. The van der Waals surface area contributed by atoms with Gasteiger partial charge in [-0.2, -0.15) is 0 Å². The molecule has 0 aromatic heterocycles. The standard InChI is InChI=1S/C12H28N2O/c1-5-11(6-2)8-14-12(4,9-13)10-15-7-3/h11,14H,5-10,13H2,1-4H3. The van der Waals surface area contributed by atoms with E-state index in [0.29, 0.717) is 13.2 Å². The van der Waals surface area contributed by atoms with Gasteiger partial charge >= 0.3 is 0 Å². The van der Waals surface area contributed by atoms with E-state index in [1.165, 1.54) is 12.8 Å². The number of hydrogen-bond acceptors (Lipinski definition) is 3. The maximum atomic E-state index is 5.77. The highest BCUT2D eigenvalue weighted by Gasteiger charge is 2.22. The normalized spacial score (nSPS) is 15.6. The maximum absolute atomic E-state index is 5.77. The largest absolute Gasteiger partial charge is 0.380 e. The van der Waals surface area contributed by atoms with Crippen LogP contribution in [0.15, 0.2) is 0 Å². The van der Waals surface area contributed by atoms with Crippen LogP contribution in [-0.2, 0) is 4.74 Å². The molecule has 3 nitrogen and oxygen atoms in total. The summed E-state index contributed by atoms with van der Waals surface area (Å²) >= 11 is 0. The molecular formula is C12H28N2O. The Labute approximate surface area is 94.8 Å². The van der Waals surface area contributed by atoms with Gasteiger partial charge in [0.05, 0.1) is 12.1 Å². The van der Waals surface area contributed by atoms with Gasteiger partial charge in [-0.3, -0.25) is 0 Å². The van der Waals surface area contributed by atoms with Crippen LogP contribution in [0, 0.1) is 5.92 Å². The smallest absolute Gasteiger partial charge is 0.0657 e. The predicted molar refractivity (Wildman–Crippen MR) is 66.0 cm³/mol. The molecule has 0 radical (unpaired) electrons. The highest BCUT2D eigenvalue weighted by Crippen LogP contribution is 2.09. The lowest BCUT2D eigenvalue weighted by Gasteiger charge is -2.31. The molecule has 0 rings (SSSR count). The molecule has 15 heavy (non-hydrogen) atoms. The molecule has 1 unspecified atom stereocenters. The SMILES string of the molecule is CCOCC(C)(CN)NCC(CC)CC. The summed E-state index contributed by atoms with van der Waals surface area (Å²) in [5.41, 5.74) is 5.70. The zero-order valence-electron chi connectivity index (χ0n) is 10.8. The van der Waals surface area contributed by atoms with Crippen molar-refractivity contribution in [1.82, 2.24) is 5.32 Å². The second-order valence-electron chi connectivity index (χ2n) is 4.47. The van der Waals surface area contributed by atoms with Crippen molar-refractivity contribution in [1.29, 1.82) is 0 Å². The number of nitrogens with one attached hydrogen (secondary N) is 1. The first kappa shape index (κ1) is 14.9. The van der Waals surface area contributed by atoms with E-state index in [1.807, 2.05) is 6.92 Å². The molecule has 0 aliphatic carbocycles. The summed E-state index contributed by atoms with van der Waals surface area (Å²) < 4.78 is 5.45. The van der Waals surface area contributed by atoms with E-state index in [1.54, 1.807) is 0 Å². The van der Waals surface area contributed by atoms with Gasteiger partial charge in [0.15, 0.2) is 0 Å². The maximum Gasteiger partial charge on any atom is 0.0657 e. The first-order chi connectivity index (χ1) is 7.11. The van der Waals surface area contributed by atoms with Gasteiger partial charge in [0.1, 0.15) is 0 Å². The van der Waals surface area contributed by atoms with Crippen LogP contribution >= 0.6 is 0 Å². The Morgan fingerprint density at radius 1 is 1.27 bits per heavy atom. The van der Waals surface area contributed by atoms with Gasteiger partial charge in [0, 0.05) is 13.2 Å². The van der Waals surface area contributed by atoms with E-state index in [-0.39, 0.29) is 5.54 Å². The Balaban J connectivity index is 3.95. The third kappa shape index (κ3) is 6.13. The Morgan fingerprint density at radius 3 is 2.27 bits per heavy atom. The van der Waals surface area contributed by atoms with Gasteiger partial charge < -0.3 is 15.8 Å². The summed E-state index contributed by atoms with van der Waals surface area (Å²) in [6, 6.07) is 0. The van der Waals surface area contributed by atoms with Gasteiger partial charge in [-0.05, 0) is 26.3 Å². The summed E-state index contributed by atoms with van der Waals surface area (Å²) in [7, 11) is 0. The van der Waals surface area contributed by atoms with Crippen LogP contribution in [-0.4, -0.2) is 31.8 Å². The van der Waals surface area contributed by atoms with E-state index in [4.69, 9.17) is 10.5 Å². The van der Waals surface area contributed by atoms with Crippen molar-refractivity contribution in [2.45, 2.75) is 46.1 Å². The second kappa shape index (κ2) is 8.08. The third-order valence-corrected chi connectivity index (χ3v) is 3.05. The average molecular weight is 216 g/mol. The topological polar surface area (TPSA) is 47.3 Å². The lowest BCUT2D eigenvalue weighted by atomic mass is 9.99. The van der Waals surface area contributed by atoms with E-state index < -0.39 is 0 Å². The number of rotatable bonds is 9. The molecule has 0 aromatic rings. The molecule has 3 N–H and O–H groups in total. The average Bonchev–Trinajstić information content (AvgIpc) is 2.28. The van der Waals surface area contributed by atoms with Crippen molar-refractivity contribution in [3.8, 4) is 0 Å². The van der Waals surface area contributed by atoms with Crippen molar-refractivity contribution in [2.24, 2.45) is 11.7 Å². The summed E-state index contributed by atoms with van der Waals surface area (Å²) in [4.78, 5) is 0.